The summed E-state index contributed by atoms with van der Waals surface area (Å²) in [6.07, 6.45) is 0.197. The summed E-state index contributed by atoms with van der Waals surface area (Å²) in [5, 5.41) is 0.999. The van der Waals surface area contributed by atoms with E-state index in [1.54, 1.807) is 0 Å². The Morgan fingerprint density at radius 3 is 1.86 bits per heavy atom. The van der Waals surface area contributed by atoms with Crippen LogP contribution in [0.15, 0.2) is 10.1 Å². The molecule has 5 aliphatic rings. The van der Waals surface area contributed by atoms with Crippen LogP contribution in [0.3, 0.4) is 0 Å². The van der Waals surface area contributed by atoms with Gasteiger partial charge in [0.05, 0.1) is 40.7 Å². The normalized spacial score (nSPS) is 50.2. The zero-order valence-corrected chi connectivity index (χ0v) is 19.0. The van der Waals surface area contributed by atoms with Crippen LogP contribution in [0.2, 0.25) is 0 Å². The van der Waals surface area contributed by atoms with Crippen LogP contribution in [0.25, 0.3) is 0 Å². The third kappa shape index (κ3) is 1.90. The maximum Gasteiger partial charge on any atom is 0.260 e. The fraction of sp³-hybridized carbons (Fsp3) is 0.765. The Kier molecular flexibility index (Phi) is 4.43. The summed E-state index contributed by atoms with van der Waals surface area (Å²) >= 11 is 39.9. The Morgan fingerprint density at radius 1 is 0.964 bits per heavy atom. The van der Waals surface area contributed by atoms with Gasteiger partial charge in [0.1, 0.15) is 9.75 Å². The van der Waals surface area contributed by atoms with E-state index in [-0.39, 0.29) is 16.7 Å². The average molecular weight is 510 g/mol. The van der Waals surface area contributed by atoms with E-state index in [4.69, 9.17) is 79.2 Å². The van der Waals surface area contributed by atoms with Crippen molar-refractivity contribution in [3.8, 4) is 0 Å². The largest absolute Gasteiger partial charge is 0.373 e. The summed E-state index contributed by atoms with van der Waals surface area (Å²) in [6, 6.07) is 0. The van der Waals surface area contributed by atoms with Crippen molar-refractivity contribution >= 4 is 81.4 Å². The number of allylic oxidation sites excluding steroid dienone is 2. The van der Waals surface area contributed by atoms with Gasteiger partial charge in [0.2, 0.25) is 0 Å². The van der Waals surface area contributed by atoms with Crippen molar-refractivity contribution in [2.75, 3.05) is 6.61 Å². The van der Waals surface area contributed by atoms with Crippen LogP contribution in [0.5, 0.6) is 0 Å². The van der Waals surface area contributed by atoms with Crippen LogP contribution < -0.4 is 0 Å². The summed E-state index contributed by atoms with van der Waals surface area (Å²) in [5.41, 5.74) is 0. The number of fused-ring (bicyclic) bond motifs is 12. The molecule has 5 rings (SSSR count). The number of hydroxylamine groups is 2. The molecule has 0 spiro atoms. The van der Waals surface area contributed by atoms with Crippen LogP contribution in [0.1, 0.15) is 19.8 Å². The quantitative estimate of drug-likeness (QED) is 0.324. The number of amides is 2. The van der Waals surface area contributed by atoms with Crippen LogP contribution in [0.4, 0.5) is 0 Å². The van der Waals surface area contributed by atoms with Gasteiger partial charge in [-0.15, -0.1) is 23.2 Å². The molecule has 2 aliphatic carbocycles. The number of unbranched alkanes of at least 4 members (excludes halogenated alkanes) is 1. The molecule has 5 nitrogen and oxygen atoms in total. The van der Waals surface area contributed by atoms with Crippen LogP contribution in [0, 0.1) is 23.7 Å². The number of rotatable bonds is 4. The number of hydrogen-bond acceptors (Lipinski definition) is 4. The number of nitrogens with zero attached hydrogens (tertiary/aromatic N) is 1. The Morgan fingerprint density at radius 2 is 1.43 bits per heavy atom. The number of ether oxygens (including phenoxy) is 1. The molecule has 0 N–H and O–H groups in total. The Balaban J connectivity index is 1.55. The lowest BCUT2D eigenvalue weighted by Crippen LogP contribution is -2.50. The summed E-state index contributed by atoms with van der Waals surface area (Å²) in [6.45, 7) is 2.27. The molecule has 4 bridgehead atoms. The van der Waals surface area contributed by atoms with Crippen molar-refractivity contribution in [3.63, 3.8) is 0 Å². The van der Waals surface area contributed by atoms with Crippen molar-refractivity contribution in [2.45, 2.75) is 46.1 Å². The minimum Gasteiger partial charge on any atom is -0.373 e. The third-order valence-electron chi connectivity index (χ3n) is 6.86. The molecule has 4 fully saturated rings. The molecular formula is C17H15Cl6NO4. The zero-order chi connectivity index (χ0) is 20.4. The lowest BCUT2D eigenvalue weighted by Gasteiger charge is -2.39. The molecule has 0 aromatic carbocycles. The molecule has 0 unspecified atom stereocenters. The van der Waals surface area contributed by atoms with Crippen molar-refractivity contribution in [2.24, 2.45) is 23.7 Å². The lowest BCUT2D eigenvalue weighted by atomic mass is 9.65. The Hall–Kier alpha value is 0.540. The molecule has 154 valence electrons. The van der Waals surface area contributed by atoms with Gasteiger partial charge in [-0.25, -0.2) is 0 Å². The van der Waals surface area contributed by atoms with Gasteiger partial charge in [0.25, 0.3) is 11.8 Å². The fourth-order valence-corrected chi connectivity index (χ4v) is 8.76. The highest BCUT2D eigenvalue weighted by molar-refractivity contribution is 6.65. The molecular weight excluding hydrogens is 495 g/mol. The summed E-state index contributed by atoms with van der Waals surface area (Å²) in [4.78, 5) is 28.3. The van der Waals surface area contributed by atoms with Crippen LogP contribution >= 0.6 is 69.6 Å². The van der Waals surface area contributed by atoms with Crippen molar-refractivity contribution < 1.29 is 19.2 Å². The zero-order valence-electron chi connectivity index (χ0n) is 14.4. The second-order valence-corrected chi connectivity index (χ2v) is 11.2. The van der Waals surface area contributed by atoms with E-state index in [0.717, 1.165) is 17.9 Å². The average Bonchev–Trinajstić information content (AvgIpc) is 3.34. The highest BCUT2D eigenvalue weighted by Gasteiger charge is 2.90. The monoisotopic (exact) mass is 507 g/mol. The minimum atomic E-state index is -1.71. The molecule has 3 saturated heterocycles. The van der Waals surface area contributed by atoms with Gasteiger partial charge in [-0.05, 0) is 6.42 Å². The summed E-state index contributed by atoms with van der Waals surface area (Å²) in [7, 11) is 0. The van der Waals surface area contributed by atoms with Gasteiger partial charge in [0.15, 0.2) is 4.33 Å². The molecule has 0 aromatic rings. The van der Waals surface area contributed by atoms with Gasteiger partial charge in [-0.3, -0.25) is 14.4 Å². The van der Waals surface area contributed by atoms with E-state index in [9.17, 15) is 9.59 Å². The molecule has 2 amide bonds. The van der Waals surface area contributed by atoms with E-state index < -0.39 is 61.8 Å². The number of alkyl halides is 4. The lowest BCUT2D eigenvalue weighted by molar-refractivity contribution is -0.192. The van der Waals surface area contributed by atoms with Gasteiger partial charge in [-0.1, -0.05) is 59.7 Å². The molecule has 11 heteroatoms. The first-order chi connectivity index (χ1) is 13.1. The molecule has 28 heavy (non-hydrogen) atoms. The predicted molar refractivity (Wildman–Crippen MR) is 106 cm³/mol. The molecule has 8 atom stereocenters. The van der Waals surface area contributed by atoms with E-state index >= 15 is 0 Å². The van der Waals surface area contributed by atoms with E-state index in [1.165, 1.54) is 0 Å². The number of carbonyl (C=O) groups excluding carboxylic acids is 2. The molecule has 3 heterocycles. The van der Waals surface area contributed by atoms with Gasteiger partial charge in [0, 0.05) is 11.8 Å². The maximum absolute atomic E-state index is 13.0. The highest BCUT2D eigenvalue weighted by Crippen LogP contribution is 2.81. The van der Waals surface area contributed by atoms with Gasteiger partial charge < -0.3 is 4.74 Å². The first-order valence-corrected chi connectivity index (χ1v) is 11.3. The second-order valence-electron chi connectivity index (χ2n) is 7.95. The first kappa shape index (κ1) is 20.4. The second kappa shape index (κ2) is 6.07. The van der Waals surface area contributed by atoms with E-state index in [2.05, 4.69) is 0 Å². The molecule has 3 aliphatic heterocycles. The Labute approximate surface area is 191 Å². The third-order valence-corrected chi connectivity index (χ3v) is 11.1. The highest BCUT2D eigenvalue weighted by atomic mass is 35.5. The SMILES string of the molecule is CCCCON1C(=O)[C@H]2[C@@H]3O[C@@H]([C@@H]2C1=O)[C@@H]1[C@@H]3[C@@]2(Cl)C(Cl)=C(Cl)[C@@]1(Cl)C2(Cl)Cl. The van der Waals surface area contributed by atoms with Crippen molar-refractivity contribution in [1.82, 2.24) is 5.06 Å². The van der Waals surface area contributed by atoms with E-state index in [0.29, 0.717) is 0 Å². The smallest absolute Gasteiger partial charge is 0.260 e. The van der Waals surface area contributed by atoms with Crippen LogP contribution in [-0.4, -0.2) is 49.8 Å². The molecule has 0 aromatic heterocycles. The molecule has 0 radical (unpaired) electrons. The fourth-order valence-electron chi connectivity index (χ4n) is 5.70. The first-order valence-electron chi connectivity index (χ1n) is 9.04. The number of carbonyl (C=O) groups is 2. The number of halogens is 6. The topological polar surface area (TPSA) is 55.8 Å². The van der Waals surface area contributed by atoms with Gasteiger partial charge in [-0.2, -0.15) is 5.06 Å². The number of imide groups is 1. The van der Waals surface area contributed by atoms with Gasteiger partial charge >= 0.3 is 0 Å². The van der Waals surface area contributed by atoms with E-state index in [1.807, 2.05) is 6.92 Å². The van der Waals surface area contributed by atoms with Crippen LogP contribution in [-0.2, 0) is 19.2 Å². The predicted octanol–water partition coefficient (Wildman–Crippen LogP) is 4.18. The molecule has 1 saturated carbocycles. The maximum atomic E-state index is 13.0. The summed E-state index contributed by atoms with van der Waals surface area (Å²) < 4.78 is 4.35. The summed E-state index contributed by atoms with van der Waals surface area (Å²) in [5.74, 6) is -3.47. The number of hydrogen-bond donors (Lipinski definition) is 0. The van der Waals surface area contributed by atoms with Crippen molar-refractivity contribution in [1.29, 1.82) is 0 Å². The Bertz CT molecular complexity index is 776. The standard InChI is InChI=1S/C17H15Cl6NO4/c1-2-3-4-27-24-13(25)5-6(14(24)26)10-8-7(9(5)28-10)15(20)11(18)12(19)16(8,21)17(15,22)23/h5-10H,2-4H2,1H3/t5-,6-,7+,8+,9+,10+,15-,16-/m1/s1. The van der Waals surface area contributed by atoms with Crippen molar-refractivity contribution in [3.05, 3.63) is 10.1 Å². The minimum absolute atomic E-state index is 0.0672.